The molecule has 0 bridgehead atoms. The number of nitrogens with two attached hydrogens (primary N) is 2. The maximum absolute atomic E-state index is 6.32. The van der Waals surface area contributed by atoms with Gasteiger partial charge in [-0.05, 0) is 18.6 Å². The van der Waals surface area contributed by atoms with Crippen LogP contribution >= 0.6 is 23.2 Å². The largest absolute Gasteiger partial charge is 0.450 e. The third kappa shape index (κ3) is 2.26. The fourth-order valence-electron chi connectivity index (χ4n) is 2.83. The fourth-order valence-corrected chi connectivity index (χ4v) is 3.24. The van der Waals surface area contributed by atoms with Gasteiger partial charge in [-0.15, -0.1) is 0 Å². The Hall–Kier alpha value is -2.18. The number of fused-ring (bicyclic) bond motifs is 3. The molecule has 6 nitrogen and oxygen atoms in total. The van der Waals surface area contributed by atoms with Crippen molar-refractivity contribution in [3.8, 4) is 0 Å². The van der Waals surface area contributed by atoms with E-state index >= 15 is 0 Å². The summed E-state index contributed by atoms with van der Waals surface area (Å²) in [5.41, 5.74) is 14.3. The summed E-state index contributed by atoms with van der Waals surface area (Å²) in [6, 6.07) is 3.45. The van der Waals surface area contributed by atoms with Crippen molar-refractivity contribution < 1.29 is 4.42 Å². The molecule has 8 heteroatoms. The lowest BCUT2D eigenvalue weighted by Crippen LogP contribution is -2.33. The van der Waals surface area contributed by atoms with Crippen LogP contribution in [0.3, 0.4) is 0 Å². The van der Waals surface area contributed by atoms with Gasteiger partial charge in [0.15, 0.2) is 11.4 Å². The van der Waals surface area contributed by atoms with E-state index in [0.29, 0.717) is 44.5 Å². The Bertz CT molecular complexity index is 966. The number of hydrogen-bond acceptors (Lipinski definition) is 6. The number of aromatic nitrogens is 2. The summed E-state index contributed by atoms with van der Waals surface area (Å²) in [6.07, 6.45) is 2.84. The molecule has 0 atom stereocenters. The van der Waals surface area contributed by atoms with Crippen molar-refractivity contribution in [1.82, 2.24) is 9.97 Å². The first-order chi connectivity index (χ1) is 11.0. The molecule has 0 saturated carbocycles. The minimum atomic E-state index is 0.152. The van der Waals surface area contributed by atoms with E-state index < -0.39 is 0 Å². The van der Waals surface area contributed by atoms with E-state index in [1.807, 2.05) is 11.0 Å². The minimum absolute atomic E-state index is 0.152. The topological polar surface area (TPSA) is 94.2 Å². The average molecular weight is 350 g/mol. The molecule has 0 spiro atoms. The molecule has 118 valence electrons. The number of nitrogens with zero attached hydrogens (tertiary/aromatic N) is 3. The molecule has 0 radical (unpaired) electrons. The Morgan fingerprint density at radius 1 is 1.17 bits per heavy atom. The number of hydrogen-bond donors (Lipinski definition) is 2. The van der Waals surface area contributed by atoms with Crippen molar-refractivity contribution in [3.63, 3.8) is 0 Å². The lowest BCUT2D eigenvalue weighted by Gasteiger charge is -2.26. The van der Waals surface area contributed by atoms with Gasteiger partial charge in [-0.1, -0.05) is 29.3 Å². The lowest BCUT2D eigenvalue weighted by atomic mass is 10.2. The molecule has 0 saturated heterocycles. The number of nitrogen functional groups attached to an aromatic ring is 1. The van der Waals surface area contributed by atoms with Crippen LogP contribution in [-0.4, -0.2) is 23.1 Å². The molecule has 1 aliphatic heterocycles. The Morgan fingerprint density at radius 3 is 2.78 bits per heavy atom. The van der Waals surface area contributed by atoms with E-state index in [0.717, 1.165) is 18.7 Å². The zero-order valence-electron chi connectivity index (χ0n) is 12.0. The van der Waals surface area contributed by atoms with Gasteiger partial charge in [0.05, 0.1) is 22.0 Å². The van der Waals surface area contributed by atoms with Crippen LogP contribution in [0.15, 0.2) is 28.3 Å². The van der Waals surface area contributed by atoms with E-state index in [9.17, 15) is 0 Å². The van der Waals surface area contributed by atoms with Crippen molar-refractivity contribution in [2.24, 2.45) is 5.73 Å². The molecule has 0 unspecified atom stereocenters. The van der Waals surface area contributed by atoms with E-state index in [-0.39, 0.29) is 5.95 Å². The smallest absolute Gasteiger partial charge is 0.222 e. The monoisotopic (exact) mass is 349 g/mol. The molecule has 2 aromatic heterocycles. The van der Waals surface area contributed by atoms with Crippen LogP contribution in [0, 0.1) is 0 Å². The predicted octanol–water partition coefficient (Wildman–Crippen LogP) is 3.32. The first-order valence-corrected chi connectivity index (χ1v) is 7.83. The molecule has 4 N–H and O–H groups in total. The Morgan fingerprint density at radius 2 is 2.00 bits per heavy atom. The van der Waals surface area contributed by atoms with Crippen molar-refractivity contribution in [2.45, 2.75) is 6.42 Å². The zero-order valence-corrected chi connectivity index (χ0v) is 13.5. The third-order valence-electron chi connectivity index (χ3n) is 3.85. The van der Waals surface area contributed by atoms with Gasteiger partial charge >= 0.3 is 0 Å². The Labute approximate surface area is 141 Å². The van der Waals surface area contributed by atoms with Crippen molar-refractivity contribution in [1.29, 1.82) is 0 Å². The van der Waals surface area contributed by atoms with E-state index in [2.05, 4.69) is 9.97 Å². The molecule has 3 aromatic rings. The van der Waals surface area contributed by atoms with Gasteiger partial charge in [0.1, 0.15) is 11.1 Å². The van der Waals surface area contributed by atoms with Crippen LogP contribution < -0.4 is 16.4 Å². The van der Waals surface area contributed by atoms with E-state index in [1.54, 1.807) is 12.1 Å². The van der Waals surface area contributed by atoms with Gasteiger partial charge in [-0.2, -0.15) is 4.98 Å². The highest BCUT2D eigenvalue weighted by Gasteiger charge is 2.23. The van der Waals surface area contributed by atoms with Crippen LogP contribution in [0.2, 0.25) is 10.0 Å². The normalized spacial score (nSPS) is 15.4. The fraction of sp³-hybridized carbons (Fsp3) is 0.200. The van der Waals surface area contributed by atoms with Crippen LogP contribution in [0.5, 0.6) is 0 Å². The van der Waals surface area contributed by atoms with Crippen LogP contribution in [0.1, 0.15) is 6.42 Å². The number of halogens is 2. The maximum Gasteiger partial charge on any atom is 0.222 e. The average Bonchev–Trinajstić information content (AvgIpc) is 2.89. The summed E-state index contributed by atoms with van der Waals surface area (Å²) in [7, 11) is 0. The van der Waals surface area contributed by atoms with Crippen LogP contribution in [0.4, 0.5) is 11.8 Å². The minimum Gasteiger partial charge on any atom is -0.450 e. The van der Waals surface area contributed by atoms with E-state index in [1.165, 1.54) is 0 Å². The highest BCUT2D eigenvalue weighted by molar-refractivity contribution is 6.46. The first kappa shape index (κ1) is 14.4. The summed E-state index contributed by atoms with van der Waals surface area (Å²) in [4.78, 5) is 10.7. The summed E-state index contributed by atoms with van der Waals surface area (Å²) >= 11 is 12.4. The molecule has 0 amide bonds. The summed E-state index contributed by atoms with van der Waals surface area (Å²) < 4.78 is 5.94. The van der Waals surface area contributed by atoms with Gasteiger partial charge in [0, 0.05) is 12.2 Å². The second kappa shape index (κ2) is 5.18. The SMILES string of the molecule is NC1=CCCN(c2nc(N)nc3c2oc2ccc(Cl)c(Cl)c23)C1. The highest BCUT2D eigenvalue weighted by atomic mass is 35.5. The molecule has 0 aliphatic carbocycles. The van der Waals surface area contributed by atoms with Crippen molar-refractivity contribution >= 4 is 57.0 Å². The van der Waals surface area contributed by atoms with Gasteiger partial charge in [0.2, 0.25) is 5.95 Å². The number of anilines is 2. The van der Waals surface area contributed by atoms with Gasteiger partial charge in [0.25, 0.3) is 0 Å². The number of furan rings is 1. The quantitative estimate of drug-likeness (QED) is 0.699. The zero-order chi connectivity index (χ0) is 16.1. The summed E-state index contributed by atoms with van der Waals surface area (Å²) in [5.74, 6) is 0.770. The molecule has 3 heterocycles. The van der Waals surface area contributed by atoms with Gasteiger partial charge in [-0.25, -0.2) is 4.98 Å². The maximum atomic E-state index is 6.32. The van der Waals surface area contributed by atoms with Gasteiger partial charge < -0.3 is 20.8 Å². The number of rotatable bonds is 1. The summed E-state index contributed by atoms with van der Waals surface area (Å²) in [6.45, 7) is 1.34. The highest BCUT2D eigenvalue weighted by Crippen LogP contribution is 2.40. The molecular formula is C15H13Cl2N5O. The van der Waals surface area contributed by atoms with Crippen LogP contribution in [-0.2, 0) is 0 Å². The lowest BCUT2D eigenvalue weighted by molar-refractivity contribution is 0.658. The molecular weight excluding hydrogens is 337 g/mol. The van der Waals surface area contributed by atoms with Crippen molar-refractivity contribution in [3.05, 3.63) is 34.0 Å². The van der Waals surface area contributed by atoms with Gasteiger partial charge in [-0.3, -0.25) is 0 Å². The van der Waals surface area contributed by atoms with Crippen molar-refractivity contribution in [2.75, 3.05) is 23.7 Å². The second-order valence-corrected chi connectivity index (χ2v) is 6.19. The number of benzene rings is 1. The Balaban J connectivity index is 2.02. The molecule has 1 aromatic carbocycles. The third-order valence-corrected chi connectivity index (χ3v) is 4.65. The standard InChI is InChI=1S/C15H13Cl2N5O/c16-8-3-4-9-10(11(8)17)12-13(23-9)14(21-15(19)20-12)22-5-1-2-7(18)6-22/h2-4H,1,5-6,18H2,(H2,19,20,21). The molecule has 1 aliphatic rings. The molecule has 23 heavy (non-hydrogen) atoms. The summed E-state index contributed by atoms with van der Waals surface area (Å²) in [5, 5.41) is 1.47. The molecule has 4 rings (SSSR count). The Kier molecular flexibility index (Phi) is 3.25. The second-order valence-electron chi connectivity index (χ2n) is 5.41. The predicted molar refractivity (Wildman–Crippen MR) is 92.8 cm³/mol. The molecule has 0 fully saturated rings. The van der Waals surface area contributed by atoms with E-state index in [4.69, 9.17) is 39.1 Å². The first-order valence-electron chi connectivity index (χ1n) is 7.08. The van der Waals surface area contributed by atoms with Crippen LogP contribution in [0.25, 0.3) is 22.1 Å².